The maximum absolute atomic E-state index is 6.16. The molecule has 0 bridgehead atoms. The van der Waals surface area contributed by atoms with E-state index in [1.54, 1.807) is 0 Å². The summed E-state index contributed by atoms with van der Waals surface area (Å²) in [5.74, 6) is 0.967. The highest BCUT2D eigenvalue weighted by Crippen LogP contribution is 2.32. The van der Waals surface area contributed by atoms with Crippen molar-refractivity contribution in [3.8, 4) is 5.75 Å². The molecule has 0 unspecified atom stereocenters. The molecule has 3 heteroatoms. The average Bonchev–Trinajstić information content (AvgIpc) is 2.25. The first kappa shape index (κ1) is 13.3. The Morgan fingerprint density at radius 2 is 2.06 bits per heavy atom. The van der Waals surface area contributed by atoms with Crippen LogP contribution in [0.2, 0.25) is 5.02 Å². The van der Waals surface area contributed by atoms with E-state index in [2.05, 4.69) is 6.92 Å². The lowest BCUT2D eigenvalue weighted by molar-refractivity contribution is 0.312. The molecule has 0 spiro atoms. The van der Waals surface area contributed by atoms with E-state index in [1.807, 2.05) is 19.9 Å². The van der Waals surface area contributed by atoms with Crippen LogP contribution in [0.25, 0.3) is 0 Å². The van der Waals surface area contributed by atoms with Gasteiger partial charge < -0.3 is 10.5 Å². The number of rotatable bonds is 5. The topological polar surface area (TPSA) is 35.2 Å². The predicted octanol–water partition coefficient (Wildman–Crippen LogP) is 3.25. The molecule has 0 aliphatic heterocycles. The van der Waals surface area contributed by atoms with Crippen molar-refractivity contribution < 1.29 is 4.74 Å². The molecule has 0 aliphatic rings. The normalized spacial score (nSPS) is 10.6. The molecule has 1 rings (SSSR count). The van der Waals surface area contributed by atoms with Gasteiger partial charge in [-0.05, 0) is 50.4 Å². The van der Waals surface area contributed by atoms with Gasteiger partial charge in [0.1, 0.15) is 5.75 Å². The molecule has 0 aliphatic carbocycles. The predicted molar refractivity (Wildman–Crippen MR) is 69.5 cm³/mol. The van der Waals surface area contributed by atoms with E-state index in [1.165, 1.54) is 0 Å². The fourth-order valence-electron chi connectivity index (χ4n) is 1.77. The molecule has 0 amide bonds. The Kier molecular flexibility index (Phi) is 5.10. The van der Waals surface area contributed by atoms with Crippen LogP contribution in [0.1, 0.15) is 30.0 Å². The number of nitrogens with two attached hydrogens (primary N) is 1. The first-order chi connectivity index (χ1) is 7.61. The maximum atomic E-state index is 6.16. The summed E-state index contributed by atoms with van der Waals surface area (Å²) in [4.78, 5) is 0. The second-order valence-corrected chi connectivity index (χ2v) is 4.40. The van der Waals surface area contributed by atoms with Crippen molar-refractivity contribution in [3.63, 3.8) is 0 Å². The lowest BCUT2D eigenvalue weighted by Crippen LogP contribution is -2.09. The van der Waals surface area contributed by atoms with Crippen LogP contribution in [0, 0.1) is 13.8 Å². The zero-order valence-corrected chi connectivity index (χ0v) is 11.0. The minimum atomic E-state index is 0.614. The minimum Gasteiger partial charge on any atom is -0.493 e. The second-order valence-electron chi connectivity index (χ2n) is 4.00. The first-order valence-electron chi connectivity index (χ1n) is 5.73. The van der Waals surface area contributed by atoms with Gasteiger partial charge in [0.15, 0.2) is 0 Å². The third-order valence-electron chi connectivity index (χ3n) is 2.63. The van der Waals surface area contributed by atoms with E-state index in [0.29, 0.717) is 6.54 Å². The van der Waals surface area contributed by atoms with Crippen LogP contribution in [0.15, 0.2) is 6.07 Å². The zero-order chi connectivity index (χ0) is 12.1. The van der Waals surface area contributed by atoms with Crippen LogP contribution in [-0.2, 0) is 6.42 Å². The quantitative estimate of drug-likeness (QED) is 0.859. The molecule has 0 saturated carbocycles. The molecule has 0 atom stereocenters. The number of benzene rings is 1. The lowest BCUT2D eigenvalue weighted by Gasteiger charge is -2.17. The summed E-state index contributed by atoms with van der Waals surface area (Å²) >= 11 is 6.16. The van der Waals surface area contributed by atoms with Crippen molar-refractivity contribution >= 4 is 11.6 Å². The summed E-state index contributed by atoms with van der Waals surface area (Å²) in [6.07, 6.45) is 1.81. The monoisotopic (exact) mass is 241 g/mol. The Bertz CT molecular complexity index is 363. The van der Waals surface area contributed by atoms with Crippen LogP contribution in [0.4, 0.5) is 0 Å². The molecule has 2 nitrogen and oxygen atoms in total. The molecule has 2 N–H and O–H groups in total. The Labute approximate surface area is 103 Å². The van der Waals surface area contributed by atoms with Gasteiger partial charge in [0.05, 0.1) is 6.61 Å². The number of aryl methyl sites for hydroxylation is 1. The minimum absolute atomic E-state index is 0.614. The van der Waals surface area contributed by atoms with E-state index in [9.17, 15) is 0 Å². The SMILES string of the molecule is CCCOc1c(C)cc(Cl)c(C)c1CCN. The van der Waals surface area contributed by atoms with E-state index >= 15 is 0 Å². The van der Waals surface area contributed by atoms with Gasteiger partial charge in [0.2, 0.25) is 0 Å². The number of ether oxygens (including phenoxy) is 1. The highest BCUT2D eigenvalue weighted by atomic mass is 35.5. The standard InChI is InChI=1S/C13H20ClNO/c1-4-7-16-13-9(2)8-12(14)10(3)11(13)5-6-15/h8H,4-7,15H2,1-3H3. The van der Waals surface area contributed by atoms with Gasteiger partial charge in [0.25, 0.3) is 0 Å². The summed E-state index contributed by atoms with van der Waals surface area (Å²) in [6.45, 7) is 7.49. The van der Waals surface area contributed by atoms with Crippen molar-refractivity contribution in [2.45, 2.75) is 33.6 Å². The molecule has 0 aromatic heterocycles. The summed E-state index contributed by atoms with van der Waals surface area (Å²) in [7, 11) is 0. The van der Waals surface area contributed by atoms with Gasteiger partial charge in [-0.2, -0.15) is 0 Å². The van der Waals surface area contributed by atoms with Crippen molar-refractivity contribution in [1.82, 2.24) is 0 Å². The van der Waals surface area contributed by atoms with Gasteiger partial charge in [-0.1, -0.05) is 18.5 Å². The van der Waals surface area contributed by atoms with Gasteiger partial charge in [-0.15, -0.1) is 0 Å². The zero-order valence-electron chi connectivity index (χ0n) is 10.3. The van der Waals surface area contributed by atoms with Crippen LogP contribution in [0.5, 0.6) is 5.75 Å². The summed E-state index contributed by atoms with van der Waals surface area (Å²) < 4.78 is 5.79. The number of hydrogen-bond donors (Lipinski definition) is 1. The first-order valence-corrected chi connectivity index (χ1v) is 6.11. The van der Waals surface area contributed by atoms with Gasteiger partial charge in [0, 0.05) is 10.6 Å². The number of hydrogen-bond acceptors (Lipinski definition) is 2. The molecule has 1 aromatic rings. The molecule has 0 radical (unpaired) electrons. The van der Waals surface area contributed by atoms with Crippen LogP contribution in [-0.4, -0.2) is 13.2 Å². The molecular weight excluding hydrogens is 222 g/mol. The molecule has 0 saturated heterocycles. The third kappa shape index (κ3) is 2.89. The highest BCUT2D eigenvalue weighted by molar-refractivity contribution is 6.31. The van der Waals surface area contributed by atoms with Gasteiger partial charge in [-0.25, -0.2) is 0 Å². The Hall–Kier alpha value is -0.730. The summed E-state index contributed by atoms with van der Waals surface area (Å²) in [6, 6.07) is 1.96. The fourth-order valence-corrected chi connectivity index (χ4v) is 2.04. The van der Waals surface area contributed by atoms with Crippen molar-refractivity contribution in [1.29, 1.82) is 0 Å². The lowest BCUT2D eigenvalue weighted by atomic mass is 10.0. The molecule has 0 heterocycles. The third-order valence-corrected chi connectivity index (χ3v) is 3.02. The van der Waals surface area contributed by atoms with Crippen molar-refractivity contribution in [2.24, 2.45) is 5.73 Å². The van der Waals surface area contributed by atoms with E-state index in [4.69, 9.17) is 22.1 Å². The van der Waals surface area contributed by atoms with Crippen LogP contribution < -0.4 is 10.5 Å². The van der Waals surface area contributed by atoms with Crippen molar-refractivity contribution in [2.75, 3.05) is 13.2 Å². The van der Waals surface area contributed by atoms with Gasteiger partial charge in [-0.3, -0.25) is 0 Å². The smallest absolute Gasteiger partial charge is 0.125 e. The second kappa shape index (κ2) is 6.12. The van der Waals surface area contributed by atoms with E-state index in [0.717, 1.165) is 46.9 Å². The molecule has 1 aromatic carbocycles. The molecule has 90 valence electrons. The average molecular weight is 242 g/mol. The highest BCUT2D eigenvalue weighted by Gasteiger charge is 2.12. The largest absolute Gasteiger partial charge is 0.493 e. The molecular formula is C13H20ClNO. The van der Waals surface area contributed by atoms with Gasteiger partial charge >= 0.3 is 0 Å². The molecule has 0 fully saturated rings. The molecule has 16 heavy (non-hydrogen) atoms. The Morgan fingerprint density at radius 1 is 1.38 bits per heavy atom. The van der Waals surface area contributed by atoms with Crippen LogP contribution in [0.3, 0.4) is 0 Å². The summed E-state index contributed by atoms with van der Waals surface area (Å²) in [5.41, 5.74) is 8.96. The Balaban J connectivity index is 3.15. The maximum Gasteiger partial charge on any atom is 0.125 e. The number of halogens is 1. The Morgan fingerprint density at radius 3 is 2.62 bits per heavy atom. The van der Waals surface area contributed by atoms with E-state index in [-0.39, 0.29) is 0 Å². The van der Waals surface area contributed by atoms with Crippen molar-refractivity contribution in [3.05, 3.63) is 27.8 Å². The van der Waals surface area contributed by atoms with E-state index < -0.39 is 0 Å². The van der Waals surface area contributed by atoms with Crippen LogP contribution >= 0.6 is 11.6 Å². The fraction of sp³-hybridized carbons (Fsp3) is 0.538. The summed E-state index contributed by atoms with van der Waals surface area (Å²) in [5, 5.41) is 0.796.